The second-order valence-corrected chi connectivity index (χ2v) is 4.01. The monoisotopic (exact) mass is 259 g/mol. The van der Waals surface area contributed by atoms with Gasteiger partial charge in [0.25, 0.3) is 0 Å². The molecule has 2 aromatic rings. The first kappa shape index (κ1) is 13.0. The van der Waals surface area contributed by atoms with Crippen LogP contribution in [0, 0.1) is 0 Å². The normalized spacial score (nSPS) is 11.2. The van der Waals surface area contributed by atoms with Crippen molar-refractivity contribution < 1.29 is 14.3 Å². The lowest BCUT2D eigenvalue weighted by Crippen LogP contribution is -2.12. The number of fused-ring (bicyclic) bond motifs is 1. The molecule has 2 N–H and O–H groups in total. The molecule has 98 valence electrons. The van der Waals surface area contributed by atoms with Gasteiger partial charge in [-0.2, -0.15) is 0 Å². The van der Waals surface area contributed by atoms with Crippen LogP contribution in [0.4, 0.5) is 0 Å². The van der Waals surface area contributed by atoms with E-state index in [1.165, 1.54) is 6.07 Å². The molecule has 0 radical (unpaired) electrons. The number of nitrogens with one attached hydrogen (secondary N) is 1. The Kier molecular flexibility index (Phi) is 3.77. The zero-order valence-corrected chi connectivity index (χ0v) is 10.3. The predicted octanol–water partition coefficient (Wildman–Crippen LogP) is 1.72. The van der Waals surface area contributed by atoms with E-state index < -0.39 is 11.6 Å². The van der Waals surface area contributed by atoms with Gasteiger partial charge < -0.3 is 14.8 Å². The Hall–Kier alpha value is -2.40. The summed E-state index contributed by atoms with van der Waals surface area (Å²) in [7, 11) is 1.85. The molecule has 0 aliphatic heterocycles. The van der Waals surface area contributed by atoms with E-state index in [-0.39, 0.29) is 5.56 Å². The van der Waals surface area contributed by atoms with E-state index in [0.717, 1.165) is 12.1 Å². The molecule has 0 amide bonds. The van der Waals surface area contributed by atoms with Gasteiger partial charge in [0.2, 0.25) is 0 Å². The van der Waals surface area contributed by atoms with Crippen LogP contribution in [0.5, 0.6) is 0 Å². The standard InChI is InChI=1S/C14H13NO4/c1-15-6-2-3-9-4-5-12-10(7-9)8-11(13(16)17)14(18)19-12/h2-5,7-8,15H,6H2,1H3,(H,16,17). The minimum absolute atomic E-state index is 0.358. The fourth-order valence-corrected chi connectivity index (χ4v) is 1.71. The summed E-state index contributed by atoms with van der Waals surface area (Å²) in [6.07, 6.45) is 3.85. The molecule has 5 heteroatoms. The van der Waals surface area contributed by atoms with Gasteiger partial charge in [-0.15, -0.1) is 0 Å². The van der Waals surface area contributed by atoms with Crippen molar-refractivity contribution in [2.45, 2.75) is 0 Å². The Morgan fingerprint density at radius 3 is 2.89 bits per heavy atom. The van der Waals surface area contributed by atoms with Crippen LogP contribution in [0.1, 0.15) is 15.9 Å². The van der Waals surface area contributed by atoms with Crippen LogP contribution in [0.15, 0.2) is 39.6 Å². The maximum Gasteiger partial charge on any atom is 0.351 e. The minimum Gasteiger partial charge on any atom is -0.477 e. The highest BCUT2D eigenvalue weighted by atomic mass is 16.4. The molecule has 2 rings (SSSR count). The van der Waals surface area contributed by atoms with Gasteiger partial charge in [-0.3, -0.25) is 0 Å². The summed E-state index contributed by atoms with van der Waals surface area (Å²) in [6.45, 7) is 0.738. The molecule has 1 heterocycles. The fourth-order valence-electron chi connectivity index (χ4n) is 1.71. The number of benzene rings is 1. The number of carboxylic acid groups (broad SMARTS) is 1. The Morgan fingerprint density at radius 1 is 1.42 bits per heavy atom. The molecule has 1 aromatic heterocycles. The number of likely N-dealkylation sites (N-methyl/N-ethyl adjacent to an activating group) is 1. The quantitative estimate of drug-likeness (QED) is 0.817. The first-order valence-electron chi connectivity index (χ1n) is 5.74. The Morgan fingerprint density at radius 2 is 2.21 bits per heavy atom. The highest BCUT2D eigenvalue weighted by Crippen LogP contribution is 2.16. The smallest absolute Gasteiger partial charge is 0.351 e. The van der Waals surface area contributed by atoms with Crippen LogP contribution in [0.3, 0.4) is 0 Å². The zero-order chi connectivity index (χ0) is 13.8. The molecule has 0 unspecified atom stereocenters. The summed E-state index contributed by atoms with van der Waals surface area (Å²) >= 11 is 0. The lowest BCUT2D eigenvalue weighted by molar-refractivity contribution is 0.0692. The minimum atomic E-state index is -1.29. The van der Waals surface area contributed by atoms with Gasteiger partial charge in [0.1, 0.15) is 11.1 Å². The van der Waals surface area contributed by atoms with Crippen molar-refractivity contribution in [3.8, 4) is 0 Å². The van der Waals surface area contributed by atoms with Crippen molar-refractivity contribution in [2.75, 3.05) is 13.6 Å². The van der Waals surface area contributed by atoms with Gasteiger partial charge in [0, 0.05) is 11.9 Å². The van der Waals surface area contributed by atoms with Crippen molar-refractivity contribution in [3.63, 3.8) is 0 Å². The third-order valence-electron chi connectivity index (χ3n) is 2.62. The molecule has 5 nitrogen and oxygen atoms in total. The second kappa shape index (κ2) is 5.49. The first-order chi connectivity index (χ1) is 9.11. The van der Waals surface area contributed by atoms with Crippen LogP contribution in [0.2, 0.25) is 0 Å². The summed E-state index contributed by atoms with van der Waals surface area (Å²) in [6, 6.07) is 6.56. The number of rotatable bonds is 4. The lowest BCUT2D eigenvalue weighted by Gasteiger charge is -2.00. The van der Waals surface area contributed by atoms with Crippen LogP contribution in [-0.2, 0) is 0 Å². The maximum absolute atomic E-state index is 11.4. The average molecular weight is 259 g/mol. The second-order valence-electron chi connectivity index (χ2n) is 4.01. The van der Waals surface area contributed by atoms with Crippen molar-refractivity contribution in [3.05, 3.63) is 51.9 Å². The average Bonchev–Trinajstić information content (AvgIpc) is 2.38. The number of carbonyl (C=O) groups is 1. The number of hydrogen-bond acceptors (Lipinski definition) is 4. The third kappa shape index (κ3) is 2.89. The van der Waals surface area contributed by atoms with Gasteiger partial charge in [-0.05, 0) is 30.8 Å². The summed E-state index contributed by atoms with van der Waals surface area (Å²) < 4.78 is 4.96. The first-order valence-corrected chi connectivity index (χ1v) is 5.74. The van der Waals surface area contributed by atoms with E-state index in [9.17, 15) is 9.59 Å². The largest absolute Gasteiger partial charge is 0.477 e. The molecule has 1 aromatic carbocycles. The summed E-state index contributed by atoms with van der Waals surface area (Å²) in [5.74, 6) is -1.29. The van der Waals surface area contributed by atoms with E-state index in [1.807, 2.05) is 19.2 Å². The number of aromatic carboxylic acids is 1. The molecule has 0 atom stereocenters. The topological polar surface area (TPSA) is 79.5 Å². The van der Waals surface area contributed by atoms with Crippen LogP contribution in [-0.4, -0.2) is 24.7 Å². The van der Waals surface area contributed by atoms with Crippen LogP contribution < -0.4 is 10.9 Å². The highest BCUT2D eigenvalue weighted by Gasteiger charge is 2.11. The van der Waals surface area contributed by atoms with Gasteiger partial charge in [0.05, 0.1) is 0 Å². The third-order valence-corrected chi connectivity index (χ3v) is 2.62. The molecular weight excluding hydrogens is 246 g/mol. The summed E-state index contributed by atoms with van der Waals surface area (Å²) in [5.41, 5.74) is 0.0935. The Labute approximate surface area is 109 Å². The zero-order valence-electron chi connectivity index (χ0n) is 10.3. The van der Waals surface area contributed by atoms with Crippen molar-refractivity contribution in [1.82, 2.24) is 5.32 Å². The van der Waals surface area contributed by atoms with Gasteiger partial charge >= 0.3 is 11.6 Å². The molecule has 0 aliphatic rings. The van der Waals surface area contributed by atoms with Crippen molar-refractivity contribution >= 4 is 23.0 Å². The SMILES string of the molecule is CNCC=Cc1ccc2oc(=O)c(C(=O)O)cc2c1. The molecule has 19 heavy (non-hydrogen) atoms. The van der Waals surface area contributed by atoms with E-state index >= 15 is 0 Å². The molecule has 0 saturated carbocycles. The van der Waals surface area contributed by atoms with E-state index in [1.54, 1.807) is 18.2 Å². The molecule has 0 fully saturated rings. The van der Waals surface area contributed by atoms with E-state index in [0.29, 0.717) is 11.0 Å². The van der Waals surface area contributed by atoms with Crippen LogP contribution >= 0.6 is 0 Å². The van der Waals surface area contributed by atoms with Crippen molar-refractivity contribution in [1.29, 1.82) is 0 Å². The van der Waals surface area contributed by atoms with Gasteiger partial charge in [-0.25, -0.2) is 9.59 Å². The van der Waals surface area contributed by atoms with Crippen LogP contribution in [0.25, 0.3) is 17.0 Å². The predicted molar refractivity (Wildman–Crippen MR) is 72.4 cm³/mol. The van der Waals surface area contributed by atoms with E-state index in [4.69, 9.17) is 9.52 Å². The fraction of sp³-hybridized carbons (Fsp3) is 0.143. The van der Waals surface area contributed by atoms with Crippen molar-refractivity contribution in [2.24, 2.45) is 0 Å². The maximum atomic E-state index is 11.4. The molecular formula is C14H13NO4. The molecule has 0 spiro atoms. The van der Waals surface area contributed by atoms with E-state index in [2.05, 4.69) is 5.32 Å². The molecule has 0 aliphatic carbocycles. The van der Waals surface area contributed by atoms with Gasteiger partial charge in [-0.1, -0.05) is 18.2 Å². The lowest BCUT2D eigenvalue weighted by atomic mass is 10.1. The Balaban J connectivity index is 2.49. The summed E-state index contributed by atoms with van der Waals surface area (Å²) in [4.78, 5) is 22.3. The molecule has 0 saturated heterocycles. The number of carboxylic acids is 1. The highest BCUT2D eigenvalue weighted by molar-refractivity contribution is 5.92. The number of hydrogen-bond donors (Lipinski definition) is 2. The molecule has 0 bridgehead atoms. The summed E-state index contributed by atoms with van der Waals surface area (Å²) in [5, 5.41) is 12.5. The van der Waals surface area contributed by atoms with Gasteiger partial charge in [0.15, 0.2) is 0 Å². The Bertz CT molecular complexity index is 700.